The van der Waals surface area contributed by atoms with Crippen molar-refractivity contribution in [2.24, 2.45) is 11.8 Å². The number of benzene rings is 2. The van der Waals surface area contributed by atoms with Crippen LogP contribution in [-0.2, 0) is 19.1 Å². The van der Waals surface area contributed by atoms with E-state index in [0.29, 0.717) is 12.1 Å². The van der Waals surface area contributed by atoms with Crippen LogP contribution in [0.15, 0.2) is 54.6 Å². The molecular formula is C30H36BrN3O5S. The zero-order chi connectivity index (χ0) is 28.6. The predicted molar refractivity (Wildman–Crippen MR) is 161 cm³/mol. The molecule has 2 bridgehead atoms. The minimum atomic E-state index is -0.890. The Morgan fingerprint density at radius 3 is 2.42 bits per heavy atom. The number of ether oxygens (including phenoxy) is 1. The fourth-order valence-electron chi connectivity index (χ4n) is 6.80. The van der Waals surface area contributed by atoms with Gasteiger partial charge < -0.3 is 25.0 Å². The van der Waals surface area contributed by atoms with Crippen molar-refractivity contribution in [1.29, 1.82) is 0 Å². The van der Waals surface area contributed by atoms with E-state index in [9.17, 15) is 19.5 Å². The predicted octanol–water partition coefficient (Wildman–Crippen LogP) is 4.23. The number of aliphatic hydroxyl groups is 1. The van der Waals surface area contributed by atoms with Crippen LogP contribution < -0.4 is 10.2 Å². The number of likely N-dealkylation sites (tertiary alicyclic amines) is 1. The van der Waals surface area contributed by atoms with Crippen molar-refractivity contribution < 1.29 is 24.2 Å². The number of hydrogen-bond donors (Lipinski definition) is 2. The highest BCUT2D eigenvalue weighted by atomic mass is 79.9. The van der Waals surface area contributed by atoms with Crippen molar-refractivity contribution in [3.05, 3.63) is 60.2 Å². The van der Waals surface area contributed by atoms with Gasteiger partial charge in [-0.25, -0.2) is 0 Å². The number of aliphatic hydroxyl groups excluding tert-OH is 1. The summed E-state index contributed by atoms with van der Waals surface area (Å²) < 4.78 is 4.60. The van der Waals surface area contributed by atoms with Crippen LogP contribution in [0, 0.1) is 11.8 Å². The van der Waals surface area contributed by atoms with E-state index < -0.39 is 34.6 Å². The zero-order valence-electron chi connectivity index (χ0n) is 23.0. The van der Waals surface area contributed by atoms with Gasteiger partial charge in [-0.15, -0.1) is 11.8 Å². The Morgan fingerprint density at radius 2 is 1.82 bits per heavy atom. The number of rotatable bonds is 10. The Bertz CT molecular complexity index is 1240. The Labute approximate surface area is 247 Å². The summed E-state index contributed by atoms with van der Waals surface area (Å²) in [5.41, 5.74) is 2.43. The first-order valence-corrected chi connectivity index (χ1v) is 15.7. The van der Waals surface area contributed by atoms with E-state index in [1.54, 1.807) is 23.6 Å². The molecule has 214 valence electrons. The summed E-state index contributed by atoms with van der Waals surface area (Å²) in [6.45, 7) is 7.56. The molecule has 3 aliphatic heterocycles. The van der Waals surface area contributed by atoms with E-state index in [0.717, 1.165) is 24.3 Å². The summed E-state index contributed by atoms with van der Waals surface area (Å²) in [5, 5.41) is 13.5. The molecule has 3 heterocycles. The fraction of sp³-hybridized carbons (Fsp3) is 0.500. The maximum Gasteiger partial charge on any atom is 0.310 e. The normalized spacial score (nSPS) is 29.3. The van der Waals surface area contributed by atoms with Gasteiger partial charge in [-0.1, -0.05) is 46.3 Å². The van der Waals surface area contributed by atoms with Crippen molar-refractivity contribution in [2.75, 3.05) is 36.5 Å². The van der Waals surface area contributed by atoms with Crippen molar-refractivity contribution in [2.45, 2.75) is 54.1 Å². The second-order valence-electron chi connectivity index (χ2n) is 10.5. The van der Waals surface area contributed by atoms with Crippen molar-refractivity contribution in [1.82, 2.24) is 4.90 Å². The van der Waals surface area contributed by atoms with Crippen LogP contribution in [0.3, 0.4) is 0 Å². The van der Waals surface area contributed by atoms with Gasteiger partial charge in [-0.3, -0.25) is 14.4 Å². The molecule has 2 amide bonds. The van der Waals surface area contributed by atoms with Gasteiger partial charge in [0.15, 0.2) is 0 Å². The molecule has 8 nitrogen and oxygen atoms in total. The van der Waals surface area contributed by atoms with Gasteiger partial charge in [0.05, 0.1) is 35.8 Å². The number of anilines is 2. The molecule has 3 unspecified atom stereocenters. The maximum atomic E-state index is 14.3. The van der Waals surface area contributed by atoms with Crippen LogP contribution in [0.5, 0.6) is 0 Å². The van der Waals surface area contributed by atoms with Crippen LogP contribution in [0.2, 0.25) is 0 Å². The molecule has 2 aromatic rings. The van der Waals surface area contributed by atoms with Gasteiger partial charge >= 0.3 is 5.97 Å². The van der Waals surface area contributed by atoms with Crippen LogP contribution >= 0.6 is 27.7 Å². The molecule has 3 fully saturated rings. The molecule has 2 N–H and O–H groups in total. The number of carbonyl (C=O) groups excluding carboxylic acids is 3. The van der Waals surface area contributed by atoms with Gasteiger partial charge in [-0.2, -0.15) is 0 Å². The summed E-state index contributed by atoms with van der Waals surface area (Å²) in [6.07, 6.45) is 0.553. The van der Waals surface area contributed by atoms with E-state index in [4.69, 9.17) is 4.74 Å². The van der Waals surface area contributed by atoms with Crippen LogP contribution in [-0.4, -0.2) is 75.0 Å². The second-order valence-corrected chi connectivity index (χ2v) is 13.2. The maximum absolute atomic E-state index is 14.3. The quantitative estimate of drug-likeness (QED) is 0.300. The average molecular weight is 631 g/mol. The van der Waals surface area contributed by atoms with E-state index >= 15 is 0 Å². The second kappa shape index (κ2) is 11.7. The molecule has 3 saturated heterocycles. The van der Waals surface area contributed by atoms with Crippen LogP contribution in [0.25, 0.3) is 0 Å². The Morgan fingerprint density at radius 1 is 1.15 bits per heavy atom. The molecule has 3 aliphatic rings. The Hall–Kier alpha value is -2.56. The molecule has 7 atom stereocenters. The third-order valence-electron chi connectivity index (χ3n) is 8.49. The first-order valence-electron chi connectivity index (χ1n) is 13.9. The summed E-state index contributed by atoms with van der Waals surface area (Å²) in [7, 11) is 0. The number of amides is 2. The number of esters is 1. The fourth-order valence-corrected chi connectivity index (χ4v) is 10.4. The first kappa shape index (κ1) is 29.0. The van der Waals surface area contributed by atoms with E-state index in [1.165, 1.54) is 0 Å². The lowest BCUT2D eigenvalue weighted by Gasteiger charge is -2.37. The molecule has 0 aliphatic carbocycles. The molecule has 40 heavy (non-hydrogen) atoms. The molecule has 5 rings (SSSR count). The highest BCUT2D eigenvalue weighted by molar-refractivity contribution is 9.09. The Balaban J connectivity index is 1.54. The topological polar surface area (TPSA) is 99.2 Å². The lowest BCUT2D eigenvalue weighted by atomic mass is 9.71. The summed E-state index contributed by atoms with van der Waals surface area (Å²) in [5.74, 6) is -2.39. The molecule has 0 aromatic heterocycles. The van der Waals surface area contributed by atoms with Crippen LogP contribution in [0.1, 0.15) is 38.8 Å². The van der Waals surface area contributed by atoms with Crippen molar-refractivity contribution >= 4 is 56.9 Å². The van der Waals surface area contributed by atoms with Gasteiger partial charge in [0.25, 0.3) is 0 Å². The van der Waals surface area contributed by atoms with Gasteiger partial charge in [0, 0.05) is 34.5 Å². The number of nitrogens with zero attached hydrogens (tertiary/aromatic N) is 2. The summed E-state index contributed by atoms with van der Waals surface area (Å²) >= 11 is 5.31. The smallest absolute Gasteiger partial charge is 0.310 e. The minimum absolute atomic E-state index is 0.0520. The molecule has 0 saturated carbocycles. The molecule has 2 aromatic carbocycles. The van der Waals surface area contributed by atoms with Crippen LogP contribution in [0.4, 0.5) is 11.4 Å². The molecular weight excluding hydrogens is 594 g/mol. The van der Waals surface area contributed by atoms with E-state index in [2.05, 4.69) is 40.0 Å². The highest BCUT2D eigenvalue weighted by Crippen LogP contribution is 2.68. The number of carbonyl (C=O) groups is 3. The third kappa shape index (κ3) is 4.71. The van der Waals surface area contributed by atoms with Gasteiger partial charge in [-0.05, 0) is 57.0 Å². The lowest BCUT2D eigenvalue weighted by Crippen LogP contribution is -2.53. The van der Waals surface area contributed by atoms with Gasteiger partial charge in [0.1, 0.15) is 6.04 Å². The molecule has 1 spiro atoms. The SMILES string of the molecule is CCOC(=O)[C@H]1[C@H]2C(=O)N([C@H](CO)c3ccccc3)C(C(=O)Nc3ccc(N(CC)CC)cc3)C23CC(Br)[C@@H]1S3. The summed E-state index contributed by atoms with van der Waals surface area (Å²) in [6, 6.07) is 15.3. The van der Waals surface area contributed by atoms with Crippen molar-refractivity contribution in [3.63, 3.8) is 0 Å². The average Bonchev–Trinajstić information content (AvgIpc) is 3.55. The largest absolute Gasteiger partial charge is 0.466 e. The van der Waals surface area contributed by atoms with E-state index in [1.807, 2.05) is 54.6 Å². The number of halogens is 1. The Kier molecular flexibility index (Phi) is 8.50. The number of nitrogens with one attached hydrogen (secondary N) is 1. The summed E-state index contributed by atoms with van der Waals surface area (Å²) in [4.78, 5) is 45.5. The molecule has 10 heteroatoms. The number of hydrogen-bond acceptors (Lipinski definition) is 7. The van der Waals surface area contributed by atoms with Gasteiger partial charge in [0.2, 0.25) is 11.8 Å². The number of thioether (sulfide) groups is 1. The third-order valence-corrected chi connectivity index (χ3v) is 11.7. The zero-order valence-corrected chi connectivity index (χ0v) is 25.4. The van der Waals surface area contributed by atoms with Crippen molar-refractivity contribution in [3.8, 4) is 0 Å². The standard InChI is InChI=1S/C30H36BrN3O5S/c1-4-33(5-2)20-14-12-19(13-15-20)32-27(36)26-30-16-21(31)25(40-30)23(29(38)39-6-3)24(30)28(37)34(26)22(17-35)18-10-8-7-9-11-18/h7-15,21-26,35H,4-6,16-17H2,1-3H3,(H,32,36)/t21?,22-,23+,24+,25+,26?,30?/m1/s1. The lowest BCUT2D eigenvalue weighted by molar-refractivity contribution is -0.154. The van der Waals surface area contributed by atoms with E-state index in [-0.39, 0.29) is 35.1 Å². The molecule has 0 radical (unpaired) electrons. The minimum Gasteiger partial charge on any atom is -0.466 e. The number of alkyl halides is 1. The highest BCUT2D eigenvalue weighted by Gasteiger charge is 2.76. The number of fused-ring (bicyclic) bond motifs is 1. The first-order chi connectivity index (χ1) is 19.3. The monoisotopic (exact) mass is 629 g/mol.